The van der Waals surface area contributed by atoms with Gasteiger partial charge in [-0.15, -0.1) is 0 Å². The molecule has 3 nitrogen and oxygen atoms in total. The van der Waals surface area contributed by atoms with E-state index >= 15 is 0 Å². The van der Waals surface area contributed by atoms with Crippen molar-refractivity contribution in [2.75, 3.05) is 0 Å². The molecule has 1 fully saturated rings. The fourth-order valence-electron chi connectivity index (χ4n) is 2.06. The third kappa shape index (κ3) is 1.77. The Bertz CT molecular complexity index is 296. The van der Waals surface area contributed by atoms with Crippen LogP contribution in [0.3, 0.4) is 0 Å². The van der Waals surface area contributed by atoms with Gasteiger partial charge >= 0.3 is 29.6 Å². The summed E-state index contributed by atoms with van der Waals surface area (Å²) in [4.78, 5) is 0. The van der Waals surface area contributed by atoms with Crippen molar-refractivity contribution in [1.29, 1.82) is 0 Å². The Morgan fingerprint density at radius 2 is 1.92 bits per heavy atom. The molecule has 2 rings (SSSR count). The first kappa shape index (κ1) is 10.7. The van der Waals surface area contributed by atoms with Gasteiger partial charge in [-0.25, -0.2) is 8.42 Å². The van der Waals surface area contributed by atoms with E-state index in [-0.39, 0.29) is 35.5 Å². The van der Waals surface area contributed by atoms with Crippen LogP contribution >= 0.6 is 0 Å². The zero-order valence-electron chi connectivity index (χ0n) is 6.93. The maximum atomic E-state index is 10.6. The summed E-state index contributed by atoms with van der Waals surface area (Å²) in [5, 5.41) is -0.627. The molecule has 0 saturated heterocycles. The predicted octanol–water partition coefficient (Wildman–Crippen LogP) is -2.50. The maximum absolute atomic E-state index is 10.6. The Kier molecular flexibility index (Phi) is 3.06. The van der Waals surface area contributed by atoms with Crippen LogP contribution in [-0.4, -0.2) is 18.2 Å². The van der Waals surface area contributed by atoms with Crippen molar-refractivity contribution in [1.82, 2.24) is 0 Å². The van der Waals surface area contributed by atoms with E-state index in [0.717, 1.165) is 6.42 Å². The van der Waals surface area contributed by atoms with Crippen LogP contribution in [-0.2, 0) is 10.1 Å². The molecule has 62 valence electrons. The summed E-state index contributed by atoms with van der Waals surface area (Å²) in [7, 11) is -4.03. The average Bonchev–Trinajstić information content (AvgIpc) is 2.42. The molecule has 2 aliphatic rings. The van der Waals surface area contributed by atoms with Crippen LogP contribution in [0.2, 0.25) is 0 Å². The van der Waals surface area contributed by atoms with Gasteiger partial charge in [-0.3, -0.25) is 0 Å². The number of allylic oxidation sites excluding steroid dienone is 2. The molecule has 1 saturated carbocycles. The summed E-state index contributed by atoms with van der Waals surface area (Å²) >= 11 is 0. The van der Waals surface area contributed by atoms with Gasteiger partial charge in [-0.2, -0.15) is 0 Å². The van der Waals surface area contributed by atoms with E-state index in [9.17, 15) is 13.0 Å². The monoisotopic (exact) mass is 196 g/mol. The van der Waals surface area contributed by atoms with Crippen molar-refractivity contribution in [3.63, 3.8) is 0 Å². The molecule has 5 heteroatoms. The molecule has 0 heterocycles. The van der Waals surface area contributed by atoms with E-state index in [1.54, 1.807) is 0 Å². The van der Waals surface area contributed by atoms with E-state index in [2.05, 4.69) is 0 Å². The van der Waals surface area contributed by atoms with Gasteiger partial charge in [0.1, 0.15) is 0 Å². The second-order valence-corrected chi connectivity index (χ2v) is 4.90. The fourth-order valence-corrected chi connectivity index (χ4v) is 3.18. The topological polar surface area (TPSA) is 57.2 Å². The zero-order valence-corrected chi connectivity index (χ0v) is 9.75. The van der Waals surface area contributed by atoms with E-state index in [1.165, 1.54) is 0 Å². The standard InChI is InChI=1S/C7H10O3S.Na/c8-11(9,10)7-4-5-1-2-6(7)3-5;/h1-2,5-7H,3-4H2,(H,8,9,10);/q;+1/p-1/t5-,6+,7-;/m0./s1. The van der Waals surface area contributed by atoms with E-state index in [4.69, 9.17) is 0 Å². The largest absolute Gasteiger partial charge is 1.00 e. The number of hydrogen-bond acceptors (Lipinski definition) is 3. The molecule has 0 unspecified atom stereocenters. The first-order chi connectivity index (χ1) is 5.07. The van der Waals surface area contributed by atoms with Crippen LogP contribution in [0.4, 0.5) is 0 Å². The van der Waals surface area contributed by atoms with Crippen LogP contribution in [0.25, 0.3) is 0 Å². The second-order valence-electron chi connectivity index (χ2n) is 3.31. The molecule has 0 spiro atoms. The normalized spacial score (nSPS) is 38.2. The quantitative estimate of drug-likeness (QED) is 0.265. The van der Waals surface area contributed by atoms with Crippen molar-refractivity contribution >= 4 is 10.1 Å². The molecule has 0 amide bonds. The van der Waals surface area contributed by atoms with E-state index in [0.29, 0.717) is 12.3 Å². The van der Waals surface area contributed by atoms with Crippen molar-refractivity contribution in [2.24, 2.45) is 11.8 Å². The molecular formula is C7H9NaO3S. The van der Waals surface area contributed by atoms with Gasteiger partial charge in [-0.05, 0) is 24.7 Å². The van der Waals surface area contributed by atoms with Crippen LogP contribution < -0.4 is 29.6 Å². The third-order valence-corrected chi connectivity index (χ3v) is 3.87. The summed E-state index contributed by atoms with van der Waals surface area (Å²) in [6.07, 6.45) is 5.31. The van der Waals surface area contributed by atoms with Gasteiger partial charge in [0.2, 0.25) is 0 Å². The van der Waals surface area contributed by atoms with Crippen LogP contribution in [0, 0.1) is 11.8 Å². The number of fused-ring (bicyclic) bond motifs is 2. The second kappa shape index (κ2) is 3.42. The SMILES string of the molecule is O=S(=O)([O-])[C@H]1C[C@H]2C=C[C@@H]1C2.[Na+]. The van der Waals surface area contributed by atoms with Crippen LogP contribution in [0.5, 0.6) is 0 Å². The molecule has 12 heavy (non-hydrogen) atoms. The first-order valence-corrected chi connectivity index (χ1v) is 5.17. The molecule has 0 N–H and O–H groups in total. The van der Waals surface area contributed by atoms with Crippen molar-refractivity contribution in [2.45, 2.75) is 18.1 Å². The Hall–Kier alpha value is 0.650. The van der Waals surface area contributed by atoms with E-state index in [1.807, 2.05) is 12.2 Å². The Balaban J connectivity index is 0.000000720. The Morgan fingerprint density at radius 3 is 2.17 bits per heavy atom. The van der Waals surface area contributed by atoms with E-state index < -0.39 is 15.4 Å². The van der Waals surface area contributed by atoms with Crippen molar-refractivity contribution < 1.29 is 42.5 Å². The minimum Gasteiger partial charge on any atom is -0.748 e. The van der Waals surface area contributed by atoms with Crippen LogP contribution in [0.1, 0.15) is 12.8 Å². The number of rotatable bonds is 1. The molecular weight excluding hydrogens is 187 g/mol. The van der Waals surface area contributed by atoms with Gasteiger partial charge in [0.05, 0.1) is 15.4 Å². The maximum Gasteiger partial charge on any atom is 1.00 e. The summed E-state index contributed by atoms with van der Waals surface area (Å²) in [6, 6.07) is 0. The molecule has 2 bridgehead atoms. The van der Waals surface area contributed by atoms with Crippen molar-refractivity contribution in [3.05, 3.63) is 12.2 Å². The minimum absolute atomic E-state index is 0. The first-order valence-electron chi connectivity index (χ1n) is 3.70. The van der Waals surface area contributed by atoms with Crippen LogP contribution in [0.15, 0.2) is 12.2 Å². The summed E-state index contributed by atoms with van der Waals surface area (Å²) in [5.41, 5.74) is 0. The molecule has 0 radical (unpaired) electrons. The Labute approximate surface area is 94.3 Å². The molecule has 3 atom stereocenters. The average molecular weight is 196 g/mol. The summed E-state index contributed by atoms with van der Waals surface area (Å²) in [6.45, 7) is 0. The molecule has 2 aliphatic carbocycles. The summed E-state index contributed by atoms with van der Waals surface area (Å²) in [5.74, 6) is 0.372. The third-order valence-electron chi connectivity index (χ3n) is 2.59. The van der Waals surface area contributed by atoms with Gasteiger partial charge in [0.25, 0.3) is 0 Å². The molecule has 0 aromatic heterocycles. The predicted molar refractivity (Wildman–Crippen MR) is 38.8 cm³/mol. The Morgan fingerprint density at radius 1 is 1.25 bits per heavy atom. The minimum atomic E-state index is -4.03. The molecule has 0 aliphatic heterocycles. The van der Waals surface area contributed by atoms with Crippen molar-refractivity contribution in [3.8, 4) is 0 Å². The smallest absolute Gasteiger partial charge is 0.748 e. The fraction of sp³-hybridized carbons (Fsp3) is 0.714. The number of hydrogen-bond donors (Lipinski definition) is 0. The van der Waals surface area contributed by atoms with Gasteiger partial charge in [0.15, 0.2) is 0 Å². The van der Waals surface area contributed by atoms with Gasteiger partial charge < -0.3 is 4.55 Å². The molecule has 0 aromatic carbocycles. The van der Waals surface area contributed by atoms with Gasteiger partial charge in [0, 0.05) is 0 Å². The van der Waals surface area contributed by atoms with Gasteiger partial charge in [-0.1, -0.05) is 12.2 Å². The molecule has 0 aromatic rings. The summed E-state index contributed by atoms with van der Waals surface area (Å²) < 4.78 is 31.9. The zero-order chi connectivity index (χ0) is 8.06.